The number of aryl methyl sites for hydroxylation is 1. The van der Waals surface area contributed by atoms with E-state index in [0.717, 1.165) is 33.1 Å². The number of rotatable bonds is 5. The van der Waals surface area contributed by atoms with Gasteiger partial charge in [0, 0.05) is 15.0 Å². The van der Waals surface area contributed by atoms with Crippen LogP contribution in [0.2, 0.25) is 0 Å². The van der Waals surface area contributed by atoms with Crippen molar-refractivity contribution in [1.82, 2.24) is 0 Å². The average Bonchev–Trinajstić information content (AvgIpc) is 2.45. The Morgan fingerprint density at radius 2 is 1.80 bits per heavy atom. The summed E-state index contributed by atoms with van der Waals surface area (Å²) < 4.78 is 7.26. The number of hydrogen-bond donors (Lipinski definition) is 1. The lowest BCUT2D eigenvalue weighted by molar-refractivity contribution is 0.414. The Hall–Kier alpha value is -0.840. The normalized spacial score (nSPS) is 12.2. The Bertz CT molecular complexity index is 569. The third-order valence-corrected chi connectivity index (χ3v) is 4.45. The van der Waals surface area contributed by atoms with Crippen LogP contribution >= 0.6 is 31.9 Å². The number of nitrogens with two attached hydrogens (primary N) is 1. The van der Waals surface area contributed by atoms with Crippen molar-refractivity contribution in [3.63, 3.8) is 0 Å². The van der Waals surface area contributed by atoms with Crippen LogP contribution in [-0.4, -0.2) is 7.11 Å². The molecule has 0 aliphatic carbocycles. The summed E-state index contributed by atoms with van der Waals surface area (Å²) in [5.41, 5.74) is 8.69. The second-order valence-corrected chi connectivity index (χ2v) is 6.43. The second kappa shape index (κ2) is 7.25. The quantitative estimate of drug-likeness (QED) is 0.780. The van der Waals surface area contributed by atoms with Crippen molar-refractivity contribution in [2.75, 3.05) is 7.11 Å². The summed E-state index contributed by atoms with van der Waals surface area (Å²) in [5.74, 6) is 0.883. The van der Waals surface area contributed by atoms with Gasteiger partial charge in [0.2, 0.25) is 0 Å². The highest BCUT2D eigenvalue weighted by Gasteiger charge is 2.10. The lowest BCUT2D eigenvalue weighted by Gasteiger charge is -2.14. The van der Waals surface area contributed by atoms with Gasteiger partial charge in [0.15, 0.2) is 0 Å². The molecule has 0 fully saturated rings. The summed E-state index contributed by atoms with van der Waals surface area (Å²) in [4.78, 5) is 0. The van der Waals surface area contributed by atoms with Gasteiger partial charge in [0.1, 0.15) is 5.75 Å². The molecule has 0 aliphatic heterocycles. The molecule has 1 atom stereocenters. The van der Waals surface area contributed by atoms with Crippen LogP contribution in [0, 0.1) is 0 Å². The van der Waals surface area contributed by atoms with Crippen molar-refractivity contribution in [3.05, 3.63) is 62.5 Å². The minimum Gasteiger partial charge on any atom is -0.497 e. The van der Waals surface area contributed by atoms with Gasteiger partial charge in [-0.3, -0.25) is 0 Å². The van der Waals surface area contributed by atoms with Crippen molar-refractivity contribution >= 4 is 31.9 Å². The molecule has 4 heteroatoms. The Morgan fingerprint density at radius 1 is 1.10 bits per heavy atom. The summed E-state index contributed by atoms with van der Waals surface area (Å²) in [5, 5.41) is 0. The largest absolute Gasteiger partial charge is 0.497 e. The first-order valence-corrected chi connectivity index (χ1v) is 8.02. The molecule has 2 rings (SSSR count). The van der Waals surface area contributed by atoms with E-state index < -0.39 is 0 Å². The van der Waals surface area contributed by atoms with Crippen LogP contribution in [0.25, 0.3) is 0 Å². The number of hydrogen-bond acceptors (Lipinski definition) is 2. The SMILES string of the molecule is COc1ccc(CCC(N)c2ccc(Br)cc2Br)cc1. The predicted molar refractivity (Wildman–Crippen MR) is 90.1 cm³/mol. The van der Waals surface area contributed by atoms with E-state index in [0.29, 0.717) is 0 Å². The average molecular weight is 399 g/mol. The van der Waals surface area contributed by atoms with Gasteiger partial charge in [-0.25, -0.2) is 0 Å². The number of methoxy groups -OCH3 is 1. The zero-order valence-electron chi connectivity index (χ0n) is 11.3. The third-order valence-electron chi connectivity index (χ3n) is 3.27. The number of benzene rings is 2. The molecule has 0 heterocycles. The molecule has 20 heavy (non-hydrogen) atoms. The van der Waals surface area contributed by atoms with Gasteiger partial charge in [0.05, 0.1) is 7.11 Å². The van der Waals surface area contributed by atoms with E-state index in [1.807, 2.05) is 24.3 Å². The highest BCUT2D eigenvalue weighted by Crippen LogP contribution is 2.28. The van der Waals surface area contributed by atoms with E-state index in [1.165, 1.54) is 5.56 Å². The fourth-order valence-corrected chi connectivity index (χ4v) is 3.41. The highest BCUT2D eigenvalue weighted by molar-refractivity contribution is 9.11. The van der Waals surface area contributed by atoms with E-state index in [9.17, 15) is 0 Å². The molecule has 2 N–H and O–H groups in total. The summed E-state index contributed by atoms with van der Waals surface area (Å²) in [6.07, 6.45) is 1.86. The van der Waals surface area contributed by atoms with E-state index in [-0.39, 0.29) is 6.04 Å². The van der Waals surface area contributed by atoms with Crippen molar-refractivity contribution in [1.29, 1.82) is 0 Å². The molecule has 2 aromatic carbocycles. The summed E-state index contributed by atoms with van der Waals surface area (Å²) in [6, 6.07) is 14.3. The maximum Gasteiger partial charge on any atom is 0.118 e. The molecular formula is C16H17Br2NO. The molecule has 0 aliphatic rings. The maximum atomic E-state index is 6.28. The molecule has 0 spiro atoms. The standard InChI is InChI=1S/C16H17Br2NO/c1-20-13-6-2-11(3-7-13)4-9-16(19)14-8-5-12(17)10-15(14)18/h2-3,5-8,10,16H,4,9,19H2,1H3. The van der Waals surface area contributed by atoms with Gasteiger partial charge in [-0.15, -0.1) is 0 Å². The monoisotopic (exact) mass is 397 g/mol. The highest BCUT2D eigenvalue weighted by atomic mass is 79.9. The molecule has 2 nitrogen and oxygen atoms in total. The third kappa shape index (κ3) is 4.08. The molecule has 0 bridgehead atoms. The first-order valence-electron chi connectivity index (χ1n) is 6.43. The van der Waals surface area contributed by atoms with Crippen LogP contribution in [0.1, 0.15) is 23.6 Å². The minimum absolute atomic E-state index is 0.0274. The molecular weight excluding hydrogens is 382 g/mol. The van der Waals surface area contributed by atoms with Crippen LogP contribution in [0.15, 0.2) is 51.4 Å². The van der Waals surface area contributed by atoms with Crippen LogP contribution < -0.4 is 10.5 Å². The van der Waals surface area contributed by atoms with Crippen molar-refractivity contribution in [3.8, 4) is 5.75 Å². The smallest absolute Gasteiger partial charge is 0.118 e. The second-order valence-electron chi connectivity index (χ2n) is 4.66. The van der Waals surface area contributed by atoms with E-state index in [4.69, 9.17) is 10.5 Å². The molecule has 0 saturated heterocycles. The molecule has 0 radical (unpaired) electrons. The zero-order valence-corrected chi connectivity index (χ0v) is 14.4. The van der Waals surface area contributed by atoms with Gasteiger partial charge >= 0.3 is 0 Å². The lowest BCUT2D eigenvalue weighted by Crippen LogP contribution is -2.12. The Morgan fingerprint density at radius 3 is 2.40 bits per heavy atom. The first kappa shape index (κ1) is 15.5. The Labute approximate surface area is 136 Å². The maximum absolute atomic E-state index is 6.28. The van der Waals surface area contributed by atoms with Crippen molar-refractivity contribution in [2.45, 2.75) is 18.9 Å². The van der Waals surface area contributed by atoms with Gasteiger partial charge in [-0.2, -0.15) is 0 Å². The number of halogens is 2. The molecule has 0 saturated carbocycles. The van der Waals surface area contributed by atoms with Crippen LogP contribution in [0.3, 0.4) is 0 Å². The van der Waals surface area contributed by atoms with E-state index >= 15 is 0 Å². The molecule has 1 unspecified atom stereocenters. The van der Waals surface area contributed by atoms with E-state index in [1.54, 1.807) is 7.11 Å². The fourth-order valence-electron chi connectivity index (χ4n) is 2.07. The van der Waals surface area contributed by atoms with Crippen LogP contribution in [0.4, 0.5) is 0 Å². The van der Waals surface area contributed by atoms with Gasteiger partial charge in [-0.05, 0) is 48.2 Å². The van der Waals surface area contributed by atoms with Crippen LogP contribution in [0.5, 0.6) is 5.75 Å². The minimum atomic E-state index is 0.0274. The van der Waals surface area contributed by atoms with Crippen molar-refractivity contribution < 1.29 is 4.74 Å². The van der Waals surface area contributed by atoms with Gasteiger partial charge < -0.3 is 10.5 Å². The van der Waals surface area contributed by atoms with Crippen molar-refractivity contribution in [2.24, 2.45) is 5.73 Å². The molecule has 2 aromatic rings. The van der Waals surface area contributed by atoms with Crippen LogP contribution in [-0.2, 0) is 6.42 Å². The summed E-state index contributed by atoms with van der Waals surface area (Å²) in [6.45, 7) is 0. The molecule has 106 valence electrons. The van der Waals surface area contributed by atoms with Gasteiger partial charge in [-0.1, -0.05) is 50.1 Å². The lowest BCUT2D eigenvalue weighted by atomic mass is 10.00. The summed E-state index contributed by atoms with van der Waals surface area (Å²) in [7, 11) is 1.68. The first-order chi connectivity index (χ1) is 9.60. The zero-order chi connectivity index (χ0) is 14.5. The molecule has 0 aromatic heterocycles. The summed E-state index contributed by atoms with van der Waals surface area (Å²) >= 11 is 7.02. The van der Waals surface area contributed by atoms with Gasteiger partial charge in [0.25, 0.3) is 0 Å². The molecule has 0 amide bonds. The fraction of sp³-hybridized carbons (Fsp3) is 0.250. The Kier molecular flexibility index (Phi) is 5.64. The van der Waals surface area contributed by atoms with E-state index in [2.05, 4.69) is 50.1 Å². The number of ether oxygens (including phenoxy) is 1. The Balaban J connectivity index is 1.98. The predicted octanol–water partition coefficient (Wildman–Crippen LogP) is 4.85. The topological polar surface area (TPSA) is 35.2 Å².